The minimum absolute atomic E-state index is 0.113. The average molecular weight is 378 g/mol. The van der Waals surface area contributed by atoms with Gasteiger partial charge in [-0.2, -0.15) is 0 Å². The highest BCUT2D eigenvalue weighted by atomic mass is 35.5. The van der Waals surface area contributed by atoms with Gasteiger partial charge in [-0.25, -0.2) is 4.79 Å². The van der Waals surface area contributed by atoms with E-state index in [4.69, 9.17) is 20.8 Å². The number of benzene rings is 1. The van der Waals surface area contributed by atoms with Gasteiger partial charge in [0, 0.05) is 23.6 Å². The predicted octanol–water partition coefficient (Wildman–Crippen LogP) is 4.36. The Balaban J connectivity index is 1.64. The van der Waals surface area contributed by atoms with Crippen molar-refractivity contribution in [3.05, 3.63) is 39.2 Å². The van der Waals surface area contributed by atoms with Crippen molar-refractivity contribution in [3.8, 4) is 5.75 Å². The molecule has 1 aromatic carbocycles. The summed E-state index contributed by atoms with van der Waals surface area (Å²) in [6.45, 7) is 1.70. The van der Waals surface area contributed by atoms with E-state index in [1.165, 1.54) is 25.3 Å². The van der Waals surface area contributed by atoms with E-state index in [0.717, 1.165) is 36.6 Å². The Bertz CT molecular complexity index is 838. The summed E-state index contributed by atoms with van der Waals surface area (Å²) < 4.78 is 10.8. The van der Waals surface area contributed by atoms with Crippen molar-refractivity contribution in [1.29, 1.82) is 0 Å². The molecule has 0 radical (unpaired) electrons. The first kappa shape index (κ1) is 18.8. The summed E-state index contributed by atoms with van der Waals surface area (Å²) in [6, 6.07) is 4.90. The third kappa shape index (κ3) is 4.79. The van der Waals surface area contributed by atoms with Crippen molar-refractivity contribution >= 4 is 28.5 Å². The van der Waals surface area contributed by atoms with Crippen molar-refractivity contribution in [2.45, 2.75) is 57.9 Å². The molecule has 0 saturated heterocycles. The lowest BCUT2D eigenvalue weighted by atomic mass is 9.97. The topological polar surface area (TPSA) is 68.5 Å². The van der Waals surface area contributed by atoms with E-state index in [1.807, 2.05) is 6.92 Å². The van der Waals surface area contributed by atoms with E-state index in [-0.39, 0.29) is 18.6 Å². The Morgan fingerprint density at radius 1 is 1.19 bits per heavy atom. The molecular formula is C20H24ClNO4. The van der Waals surface area contributed by atoms with Crippen LogP contribution in [0.5, 0.6) is 5.75 Å². The number of carbonyl (C=O) groups is 1. The molecule has 0 spiro atoms. The van der Waals surface area contributed by atoms with Crippen LogP contribution in [0.2, 0.25) is 5.02 Å². The van der Waals surface area contributed by atoms with Gasteiger partial charge < -0.3 is 14.5 Å². The summed E-state index contributed by atoms with van der Waals surface area (Å²) in [4.78, 5) is 23.7. The van der Waals surface area contributed by atoms with Crippen LogP contribution in [-0.2, 0) is 4.79 Å². The van der Waals surface area contributed by atoms with E-state index in [1.54, 1.807) is 12.1 Å². The van der Waals surface area contributed by atoms with E-state index in [2.05, 4.69) is 5.32 Å². The Kier molecular flexibility index (Phi) is 6.20. The highest BCUT2D eigenvalue weighted by molar-refractivity contribution is 6.32. The predicted molar refractivity (Wildman–Crippen MR) is 102 cm³/mol. The van der Waals surface area contributed by atoms with Gasteiger partial charge >= 0.3 is 5.63 Å². The van der Waals surface area contributed by atoms with Gasteiger partial charge in [-0.1, -0.05) is 43.7 Å². The molecular weight excluding hydrogens is 354 g/mol. The summed E-state index contributed by atoms with van der Waals surface area (Å²) in [7, 11) is 0. The van der Waals surface area contributed by atoms with Gasteiger partial charge in [0.15, 0.2) is 6.61 Å². The normalized spacial score (nSPS) is 16.1. The molecule has 0 aliphatic heterocycles. The number of halogens is 1. The Labute approximate surface area is 157 Å². The number of fused-ring (bicyclic) bond motifs is 1. The minimum atomic E-state index is -0.426. The fourth-order valence-electron chi connectivity index (χ4n) is 3.44. The van der Waals surface area contributed by atoms with Crippen LogP contribution in [-0.4, -0.2) is 18.6 Å². The monoisotopic (exact) mass is 377 g/mol. The van der Waals surface area contributed by atoms with Crippen LogP contribution in [0.4, 0.5) is 0 Å². The van der Waals surface area contributed by atoms with Crippen molar-refractivity contribution in [1.82, 2.24) is 5.32 Å². The van der Waals surface area contributed by atoms with E-state index in [9.17, 15) is 9.59 Å². The van der Waals surface area contributed by atoms with E-state index in [0.29, 0.717) is 16.4 Å². The molecule has 5 nitrogen and oxygen atoms in total. The van der Waals surface area contributed by atoms with Crippen LogP contribution in [0, 0.1) is 6.92 Å². The molecule has 2 aromatic rings. The molecule has 1 aliphatic rings. The molecule has 6 heteroatoms. The van der Waals surface area contributed by atoms with Crippen molar-refractivity contribution in [2.75, 3.05) is 6.61 Å². The number of nitrogens with one attached hydrogen (secondary N) is 1. The zero-order chi connectivity index (χ0) is 18.5. The maximum absolute atomic E-state index is 12.2. The molecule has 1 N–H and O–H groups in total. The first-order valence-corrected chi connectivity index (χ1v) is 9.57. The lowest BCUT2D eigenvalue weighted by Crippen LogP contribution is -2.38. The highest BCUT2D eigenvalue weighted by Crippen LogP contribution is 2.31. The molecule has 0 atom stereocenters. The quantitative estimate of drug-likeness (QED) is 0.803. The number of carbonyl (C=O) groups excluding carboxylic acids is 1. The summed E-state index contributed by atoms with van der Waals surface area (Å²) in [6.07, 6.45) is 8.11. The lowest BCUT2D eigenvalue weighted by molar-refractivity contribution is -0.123. The van der Waals surface area contributed by atoms with Gasteiger partial charge in [0.05, 0.1) is 5.02 Å². The number of hydrogen-bond donors (Lipinski definition) is 1. The van der Waals surface area contributed by atoms with Gasteiger partial charge in [-0.05, 0) is 31.4 Å². The van der Waals surface area contributed by atoms with Crippen LogP contribution < -0.4 is 15.7 Å². The molecule has 0 bridgehead atoms. The molecule has 1 heterocycles. The van der Waals surface area contributed by atoms with Crippen molar-refractivity contribution < 1.29 is 13.9 Å². The van der Waals surface area contributed by atoms with Crippen molar-refractivity contribution in [2.24, 2.45) is 0 Å². The summed E-state index contributed by atoms with van der Waals surface area (Å²) in [5, 5.41) is 4.18. The smallest absolute Gasteiger partial charge is 0.336 e. The van der Waals surface area contributed by atoms with Crippen molar-refractivity contribution in [3.63, 3.8) is 0 Å². The molecule has 0 unspecified atom stereocenters. The fraction of sp³-hybridized carbons (Fsp3) is 0.500. The number of hydrogen-bond acceptors (Lipinski definition) is 4. The van der Waals surface area contributed by atoms with Gasteiger partial charge in [-0.15, -0.1) is 0 Å². The number of aryl methyl sites for hydroxylation is 1. The molecule has 3 rings (SSSR count). The highest BCUT2D eigenvalue weighted by Gasteiger charge is 2.15. The lowest BCUT2D eigenvalue weighted by Gasteiger charge is -2.21. The fourth-order valence-corrected chi connectivity index (χ4v) is 3.66. The first-order chi connectivity index (χ1) is 12.5. The molecule has 1 saturated carbocycles. The maximum Gasteiger partial charge on any atom is 0.336 e. The summed E-state index contributed by atoms with van der Waals surface area (Å²) in [5.74, 6) is 0.179. The second kappa shape index (κ2) is 8.58. The number of rotatable bonds is 4. The van der Waals surface area contributed by atoms with Gasteiger partial charge in [-0.3, -0.25) is 4.79 Å². The second-order valence-electron chi connectivity index (χ2n) is 6.93. The largest absolute Gasteiger partial charge is 0.482 e. The van der Waals surface area contributed by atoms with E-state index < -0.39 is 5.63 Å². The van der Waals surface area contributed by atoms with Crippen LogP contribution in [0.25, 0.3) is 11.0 Å². The third-order valence-electron chi connectivity index (χ3n) is 4.83. The second-order valence-corrected chi connectivity index (χ2v) is 7.33. The Morgan fingerprint density at radius 3 is 2.62 bits per heavy atom. The van der Waals surface area contributed by atoms with Gasteiger partial charge in [0.25, 0.3) is 5.91 Å². The number of ether oxygens (including phenoxy) is 1. The third-order valence-corrected chi connectivity index (χ3v) is 5.13. The molecule has 1 aromatic heterocycles. The Hall–Kier alpha value is -2.01. The molecule has 1 fully saturated rings. The maximum atomic E-state index is 12.2. The van der Waals surface area contributed by atoms with Crippen LogP contribution in [0.1, 0.15) is 50.5 Å². The molecule has 26 heavy (non-hydrogen) atoms. The van der Waals surface area contributed by atoms with Crippen LogP contribution in [0.3, 0.4) is 0 Å². The minimum Gasteiger partial charge on any atom is -0.482 e. The molecule has 1 amide bonds. The van der Waals surface area contributed by atoms with E-state index >= 15 is 0 Å². The number of amides is 1. The SMILES string of the molecule is Cc1cc(=O)oc2cc(OCC(=O)NC3CCCCCCC3)c(Cl)cc12. The molecule has 140 valence electrons. The summed E-state index contributed by atoms with van der Waals surface area (Å²) in [5.41, 5.74) is 0.756. The van der Waals surface area contributed by atoms with Gasteiger partial charge in [0.2, 0.25) is 0 Å². The average Bonchev–Trinajstić information content (AvgIpc) is 2.56. The standard InChI is InChI=1S/C20H24ClNO4/c1-13-9-20(24)26-17-11-18(16(21)10-15(13)17)25-12-19(23)22-14-7-5-3-2-4-6-8-14/h9-11,14H,2-8,12H2,1H3,(H,22,23). The zero-order valence-electron chi connectivity index (χ0n) is 15.0. The van der Waals surface area contributed by atoms with Crippen LogP contribution in [0.15, 0.2) is 27.4 Å². The Morgan fingerprint density at radius 2 is 1.88 bits per heavy atom. The summed E-state index contributed by atoms with van der Waals surface area (Å²) >= 11 is 6.25. The first-order valence-electron chi connectivity index (χ1n) is 9.19. The van der Waals surface area contributed by atoms with Crippen LogP contribution >= 0.6 is 11.6 Å². The zero-order valence-corrected chi connectivity index (χ0v) is 15.7. The molecule has 1 aliphatic carbocycles. The van der Waals surface area contributed by atoms with Gasteiger partial charge in [0.1, 0.15) is 11.3 Å².